The number of likely N-dealkylation sites (tertiary alicyclic amines) is 1. The average molecular weight is 436 g/mol. The lowest BCUT2D eigenvalue weighted by molar-refractivity contribution is -0.120. The van der Waals surface area contributed by atoms with Gasteiger partial charge in [-0.1, -0.05) is 24.3 Å². The van der Waals surface area contributed by atoms with Crippen LogP contribution in [-0.2, 0) is 9.59 Å². The zero-order valence-electron chi connectivity index (χ0n) is 19.0. The Morgan fingerprint density at radius 2 is 1.66 bits per heavy atom. The number of carbonyl (C=O) groups excluding carboxylic acids is 2. The molecule has 0 atom stereocenters. The van der Waals surface area contributed by atoms with Crippen molar-refractivity contribution in [2.45, 2.75) is 18.9 Å². The zero-order chi connectivity index (χ0) is 22.8. The lowest BCUT2D eigenvalue weighted by Gasteiger charge is -2.36. The van der Waals surface area contributed by atoms with E-state index in [1.165, 1.54) is 4.90 Å². The number of para-hydroxylation sites is 1. The molecule has 2 heterocycles. The lowest BCUT2D eigenvalue weighted by Crippen LogP contribution is -2.43. The predicted molar refractivity (Wildman–Crippen MR) is 124 cm³/mol. The van der Waals surface area contributed by atoms with Gasteiger partial charge in [0.1, 0.15) is 17.2 Å². The summed E-state index contributed by atoms with van der Waals surface area (Å²) in [7, 11) is 7.15. The highest BCUT2D eigenvalue weighted by Crippen LogP contribution is 2.39. The van der Waals surface area contributed by atoms with Crippen molar-refractivity contribution in [3.8, 4) is 11.5 Å². The van der Waals surface area contributed by atoms with Gasteiger partial charge in [-0.2, -0.15) is 0 Å². The summed E-state index contributed by atoms with van der Waals surface area (Å²) >= 11 is 0. The number of ether oxygens (including phenoxy) is 2. The maximum atomic E-state index is 13.8. The zero-order valence-corrected chi connectivity index (χ0v) is 19.0. The van der Waals surface area contributed by atoms with Gasteiger partial charge in [-0.15, -0.1) is 0 Å². The molecule has 0 unspecified atom stereocenters. The van der Waals surface area contributed by atoms with Crippen molar-refractivity contribution in [2.24, 2.45) is 0 Å². The van der Waals surface area contributed by atoms with E-state index in [1.807, 2.05) is 36.2 Å². The summed E-state index contributed by atoms with van der Waals surface area (Å²) in [6.07, 6.45) is 1.85. The SMILES string of the molecule is COc1cccc(N2C(=O)C(c3ccccc3OC)=C(N(C)C3CCN(C)CC3)C2=O)c1. The van der Waals surface area contributed by atoms with Crippen LogP contribution in [0.25, 0.3) is 5.57 Å². The normalized spacial score (nSPS) is 17.8. The van der Waals surface area contributed by atoms with Crippen LogP contribution in [0.15, 0.2) is 54.2 Å². The molecule has 0 bridgehead atoms. The Balaban J connectivity index is 1.82. The van der Waals surface area contributed by atoms with Crippen LogP contribution in [0.2, 0.25) is 0 Å². The van der Waals surface area contributed by atoms with Crippen LogP contribution < -0.4 is 14.4 Å². The second-order valence-corrected chi connectivity index (χ2v) is 8.22. The number of likely N-dealkylation sites (N-methyl/N-ethyl adjacent to an activating group) is 1. The van der Waals surface area contributed by atoms with Crippen molar-refractivity contribution < 1.29 is 19.1 Å². The van der Waals surface area contributed by atoms with E-state index in [0.29, 0.717) is 34.0 Å². The maximum absolute atomic E-state index is 13.8. The fraction of sp³-hybridized carbons (Fsp3) is 0.360. The first kappa shape index (κ1) is 21.9. The second-order valence-electron chi connectivity index (χ2n) is 8.22. The predicted octanol–water partition coefficient (Wildman–Crippen LogP) is 3.01. The highest BCUT2D eigenvalue weighted by atomic mass is 16.5. The van der Waals surface area contributed by atoms with Gasteiger partial charge in [-0.05, 0) is 51.2 Å². The lowest BCUT2D eigenvalue weighted by atomic mass is 9.99. The van der Waals surface area contributed by atoms with E-state index in [1.54, 1.807) is 38.5 Å². The van der Waals surface area contributed by atoms with Gasteiger partial charge in [0.15, 0.2) is 0 Å². The van der Waals surface area contributed by atoms with E-state index in [2.05, 4.69) is 11.9 Å². The number of methoxy groups -OCH3 is 2. The maximum Gasteiger partial charge on any atom is 0.282 e. The van der Waals surface area contributed by atoms with E-state index >= 15 is 0 Å². The molecule has 0 aromatic heterocycles. The Labute approximate surface area is 188 Å². The quantitative estimate of drug-likeness (QED) is 0.650. The summed E-state index contributed by atoms with van der Waals surface area (Å²) in [5.41, 5.74) is 1.89. The first-order valence-corrected chi connectivity index (χ1v) is 10.8. The number of amides is 2. The Morgan fingerprint density at radius 1 is 0.938 bits per heavy atom. The molecule has 0 radical (unpaired) electrons. The molecule has 1 fully saturated rings. The van der Waals surface area contributed by atoms with Gasteiger partial charge >= 0.3 is 0 Å². The van der Waals surface area contributed by atoms with Gasteiger partial charge in [0.2, 0.25) is 0 Å². The average Bonchev–Trinajstić information content (AvgIpc) is 3.08. The number of hydrogen-bond acceptors (Lipinski definition) is 6. The third-order valence-corrected chi connectivity index (χ3v) is 6.34. The van der Waals surface area contributed by atoms with E-state index in [-0.39, 0.29) is 17.9 Å². The number of anilines is 1. The van der Waals surface area contributed by atoms with Crippen LogP contribution in [0.5, 0.6) is 11.5 Å². The topological polar surface area (TPSA) is 62.3 Å². The van der Waals surface area contributed by atoms with Crippen LogP contribution in [0, 0.1) is 0 Å². The van der Waals surface area contributed by atoms with Gasteiger partial charge in [-0.25, -0.2) is 4.90 Å². The minimum atomic E-state index is -0.359. The Hall–Kier alpha value is -3.32. The molecule has 0 spiro atoms. The third-order valence-electron chi connectivity index (χ3n) is 6.34. The highest BCUT2D eigenvalue weighted by molar-refractivity contribution is 6.45. The van der Waals surface area contributed by atoms with Crippen LogP contribution in [0.1, 0.15) is 18.4 Å². The van der Waals surface area contributed by atoms with Crippen molar-refractivity contribution in [3.63, 3.8) is 0 Å². The van der Waals surface area contributed by atoms with Crippen LogP contribution in [0.3, 0.4) is 0 Å². The molecule has 7 nitrogen and oxygen atoms in total. The Kier molecular flexibility index (Phi) is 6.19. The van der Waals surface area contributed by atoms with Crippen molar-refractivity contribution >= 4 is 23.1 Å². The number of benzene rings is 2. The van der Waals surface area contributed by atoms with Crippen molar-refractivity contribution in [1.29, 1.82) is 0 Å². The molecule has 0 aliphatic carbocycles. The van der Waals surface area contributed by atoms with Crippen LogP contribution in [-0.4, -0.2) is 69.1 Å². The Bertz CT molecular complexity index is 1060. The summed E-state index contributed by atoms with van der Waals surface area (Å²) in [5, 5.41) is 0. The molecule has 32 heavy (non-hydrogen) atoms. The first-order valence-electron chi connectivity index (χ1n) is 10.8. The van der Waals surface area contributed by atoms with Gasteiger partial charge in [-0.3, -0.25) is 9.59 Å². The molecular formula is C25H29N3O4. The van der Waals surface area contributed by atoms with Crippen molar-refractivity contribution in [1.82, 2.24) is 9.80 Å². The number of piperidine rings is 1. The standard InChI is InChI=1S/C25H29N3O4/c1-26-14-12-17(13-15-26)27(2)23-22(20-10-5-6-11-21(20)32-4)24(29)28(25(23)30)18-8-7-9-19(16-18)31-3/h5-11,16-17H,12-15H2,1-4H3. The molecular weight excluding hydrogens is 406 g/mol. The summed E-state index contributed by atoms with van der Waals surface area (Å²) in [6.45, 7) is 1.90. The molecule has 0 saturated carbocycles. The third kappa shape index (κ3) is 3.84. The highest BCUT2D eigenvalue weighted by Gasteiger charge is 2.44. The minimum Gasteiger partial charge on any atom is -0.497 e. The molecule has 168 valence electrons. The van der Waals surface area contributed by atoms with E-state index < -0.39 is 0 Å². The van der Waals surface area contributed by atoms with E-state index in [4.69, 9.17) is 9.47 Å². The van der Waals surface area contributed by atoms with Crippen LogP contribution in [0.4, 0.5) is 5.69 Å². The molecule has 2 aliphatic heterocycles. The van der Waals surface area contributed by atoms with Crippen molar-refractivity contribution in [2.75, 3.05) is 46.3 Å². The number of hydrogen-bond donors (Lipinski definition) is 0. The van der Waals surface area contributed by atoms with Gasteiger partial charge in [0.05, 0.1) is 25.5 Å². The smallest absolute Gasteiger partial charge is 0.282 e. The molecule has 2 aromatic carbocycles. The number of carbonyl (C=O) groups is 2. The van der Waals surface area contributed by atoms with Gasteiger partial charge in [0.25, 0.3) is 11.8 Å². The largest absolute Gasteiger partial charge is 0.497 e. The monoisotopic (exact) mass is 435 g/mol. The first-order chi connectivity index (χ1) is 15.5. The molecule has 0 N–H and O–H groups in total. The second kappa shape index (κ2) is 9.04. The summed E-state index contributed by atoms with van der Waals surface area (Å²) in [4.78, 5) is 33.0. The van der Waals surface area contributed by atoms with Crippen molar-refractivity contribution in [3.05, 3.63) is 59.8 Å². The van der Waals surface area contributed by atoms with Crippen LogP contribution >= 0.6 is 0 Å². The minimum absolute atomic E-state index is 0.174. The number of rotatable bonds is 6. The van der Waals surface area contributed by atoms with Gasteiger partial charge in [0, 0.05) is 24.7 Å². The molecule has 4 rings (SSSR count). The molecule has 2 aliphatic rings. The summed E-state index contributed by atoms with van der Waals surface area (Å²) in [6, 6.07) is 14.5. The number of nitrogens with zero attached hydrogens (tertiary/aromatic N) is 3. The fourth-order valence-corrected chi connectivity index (χ4v) is 4.49. The van der Waals surface area contributed by atoms with E-state index in [0.717, 1.165) is 25.9 Å². The molecule has 2 aromatic rings. The van der Waals surface area contributed by atoms with Gasteiger partial charge < -0.3 is 19.3 Å². The molecule has 2 amide bonds. The molecule has 7 heteroatoms. The summed E-state index contributed by atoms with van der Waals surface area (Å²) < 4.78 is 10.9. The Morgan fingerprint density at radius 3 is 2.34 bits per heavy atom. The fourth-order valence-electron chi connectivity index (χ4n) is 4.49. The van der Waals surface area contributed by atoms with E-state index in [9.17, 15) is 9.59 Å². The number of imide groups is 1. The summed E-state index contributed by atoms with van der Waals surface area (Å²) in [5.74, 6) is 0.456. The molecule has 1 saturated heterocycles.